The second kappa shape index (κ2) is 8.86. The second-order valence-corrected chi connectivity index (χ2v) is 5.67. The van der Waals surface area contributed by atoms with E-state index < -0.39 is 18.0 Å². The molecule has 1 aromatic rings. The first-order valence-corrected chi connectivity index (χ1v) is 7.95. The van der Waals surface area contributed by atoms with Crippen molar-refractivity contribution in [1.29, 1.82) is 0 Å². The number of carbonyl (C=O) groups is 3. The van der Waals surface area contributed by atoms with Crippen molar-refractivity contribution in [3.8, 4) is 0 Å². The van der Waals surface area contributed by atoms with Gasteiger partial charge in [0, 0.05) is 6.42 Å². The van der Waals surface area contributed by atoms with E-state index in [1.807, 2.05) is 30.3 Å². The Hall–Kier alpha value is -2.63. The number of aliphatic carboxylic acids is 1. The highest BCUT2D eigenvalue weighted by Crippen LogP contribution is 2.19. The number of benzene rings is 1. The molecule has 0 aromatic heterocycles. The van der Waals surface area contributed by atoms with Crippen LogP contribution in [0.3, 0.4) is 0 Å². The molecule has 0 spiro atoms. The van der Waals surface area contributed by atoms with Crippen LogP contribution in [-0.2, 0) is 19.1 Å². The van der Waals surface area contributed by atoms with Gasteiger partial charge in [0.2, 0.25) is 5.91 Å². The molecule has 1 amide bonds. The van der Waals surface area contributed by atoms with Crippen LogP contribution in [0.15, 0.2) is 42.5 Å². The fourth-order valence-corrected chi connectivity index (χ4v) is 2.52. The summed E-state index contributed by atoms with van der Waals surface area (Å²) in [5.74, 6) is -2.32. The van der Waals surface area contributed by atoms with Crippen molar-refractivity contribution in [2.24, 2.45) is 5.92 Å². The summed E-state index contributed by atoms with van der Waals surface area (Å²) in [4.78, 5) is 35.1. The minimum absolute atomic E-state index is 0.119. The number of carboxylic acids is 1. The summed E-state index contributed by atoms with van der Waals surface area (Å²) in [6.07, 6.45) is 3.80. The SMILES string of the molecule is O=C(O)C[C@@H]1CC=CCCC(=O)OC(c2ccccc2)CNC1=O. The topological polar surface area (TPSA) is 92.7 Å². The lowest BCUT2D eigenvalue weighted by molar-refractivity contribution is -0.150. The van der Waals surface area contributed by atoms with Gasteiger partial charge in [0.25, 0.3) is 0 Å². The van der Waals surface area contributed by atoms with Crippen LogP contribution >= 0.6 is 0 Å². The molecule has 128 valence electrons. The zero-order valence-electron chi connectivity index (χ0n) is 13.3. The summed E-state index contributed by atoms with van der Waals surface area (Å²) in [6.45, 7) is 0.119. The van der Waals surface area contributed by atoms with E-state index in [1.165, 1.54) is 0 Å². The quantitative estimate of drug-likeness (QED) is 0.654. The molecule has 1 heterocycles. The molecule has 0 saturated carbocycles. The lowest BCUT2D eigenvalue weighted by atomic mass is 9.99. The minimum Gasteiger partial charge on any atom is -0.481 e. The molecule has 1 unspecified atom stereocenters. The van der Waals surface area contributed by atoms with Gasteiger partial charge in [-0.3, -0.25) is 14.4 Å². The van der Waals surface area contributed by atoms with E-state index in [-0.39, 0.29) is 31.3 Å². The van der Waals surface area contributed by atoms with Gasteiger partial charge in [-0.25, -0.2) is 0 Å². The van der Waals surface area contributed by atoms with E-state index in [0.29, 0.717) is 12.8 Å². The van der Waals surface area contributed by atoms with Crippen LogP contribution in [0.1, 0.15) is 37.4 Å². The first kappa shape index (κ1) is 17.7. The Kier molecular flexibility index (Phi) is 6.54. The number of allylic oxidation sites excluding steroid dienone is 2. The maximum atomic E-state index is 12.3. The number of carboxylic acid groups (broad SMARTS) is 1. The standard InChI is InChI=1S/C18H21NO5/c20-16(21)11-14-9-5-2-6-10-17(22)24-15(12-19-18(14)23)13-7-3-1-4-8-13/h1-5,7-8,14-15H,6,9-12H2,(H,19,23)(H,20,21)/t14-,15?/m0/s1. The highest BCUT2D eigenvalue weighted by Gasteiger charge is 2.23. The van der Waals surface area contributed by atoms with Crippen molar-refractivity contribution in [2.45, 2.75) is 31.8 Å². The van der Waals surface area contributed by atoms with E-state index in [9.17, 15) is 14.4 Å². The highest BCUT2D eigenvalue weighted by atomic mass is 16.5. The molecule has 2 atom stereocenters. The number of carbonyl (C=O) groups excluding carboxylic acids is 2. The number of ether oxygens (including phenoxy) is 1. The number of hydrogen-bond acceptors (Lipinski definition) is 4. The molecular weight excluding hydrogens is 310 g/mol. The first-order valence-electron chi connectivity index (χ1n) is 7.95. The number of hydrogen-bond donors (Lipinski definition) is 2. The average molecular weight is 331 g/mol. The van der Waals surface area contributed by atoms with Gasteiger partial charge >= 0.3 is 11.9 Å². The summed E-state index contributed by atoms with van der Waals surface area (Å²) >= 11 is 0. The van der Waals surface area contributed by atoms with Crippen molar-refractivity contribution in [2.75, 3.05) is 6.54 Å². The fourth-order valence-electron chi connectivity index (χ4n) is 2.52. The number of cyclic esters (lactones) is 1. The smallest absolute Gasteiger partial charge is 0.306 e. The number of esters is 1. The first-order chi connectivity index (χ1) is 11.6. The van der Waals surface area contributed by atoms with Crippen LogP contribution in [0.4, 0.5) is 0 Å². The number of nitrogens with one attached hydrogen (secondary N) is 1. The Morgan fingerprint density at radius 2 is 1.96 bits per heavy atom. The molecule has 2 rings (SSSR count). The van der Waals surface area contributed by atoms with Gasteiger partial charge in [-0.05, 0) is 18.4 Å². The fraction of sp³-hybridized carbons (Fsp3) is 0.389. The van der Waals surface area contributed by atoms with E-state index in [0.717, 1.165) is 5.56 Å². The zero-order valence-corrected chi connectivity index (χ0v) is 13.3. The van der Waals surface area contributed by atoms with E-state index in [2.05, 4.69) is 5.32 Å². The second-order valence-electron chi connectivity index (χ2n) is 5.67. The Balaban J connectivity index is 2.15. The Morgan fingerprint density at radius 3 is 2.67 bits per heavy atom. The van der Waals surface area contributed by atoms with E-state index in [4.69, 9.17) is 9.84 Å². The van der Waals surface area contributed by atoms with Crippen LogP contribution < -0.4 is 5.32 Å². The lowest BCUT2D eigenvalue weighted by Gasteiger charge is -2.21. The van der Waals surface area contributed by atoms with Crippen molar-refractivity contribution < 1.29 is 24.2 Å². The van der Waals surface area contributed by atoms with Gasteiger partial charge in [0.15, 0.2) is 0 Å². The molecule has 0 aliphatic carbocycles. The molecule has 2 N–H and O–H groups in total. The molecule has 1 aliphatic rings. The van der Waals surface area contributed by atoms with Crippen molar-refractivity contribution in [3.63, 3.8) is 0 Å². The number of rotatable bonds is 3. The maximum Gasteiger partial charge on any atom is 0.306 e. The third-order valence-corrected chi connectivity index (χ3v) is 3.80. The molecular formula is C18H21NO5. The maximum absolute atomic E-state index is 12.3. The highest BCUT2D eigenvalue weighted by molar-refractivity contribution is 5.83. The van der Waals surface area contributed by atoms with Gasteiger partial charge < -0.3 is 15.2 Å². The van der Waals surface area contributed by atoms with Gasteiger partial charge in [-0.2, -0.15) is 0 Å². The van der Waals surface area contributed by atoms with Crippen LogP contribution in [0.5, 0.6) is 0 Å². The van der Waals surface area contributed by atoms with E-state index in [1.54, 1.807) is 12.2 Å². The summed E-state index contributed by atoms with van der Waals surface area (Å²) in [6, 6.07) is 9.16. The van der Waals surface area contributed by atoms with Gasteiger partial charge in [0.1, 0.15) is 6.10 Å². The molecule has 0 fully saturated rings. The predicted molar refractivity (Wildman–Crippen MR) is 87.0 cm³/mol. The molecule has 1 aromatic carbocycles. The van der Waals surface area contributed by atoms with Crippen LogP contribution in [0.25, 0.3) is 0 Å². The molecule has 0 radical (unpaired) electrons. The molecule has 1 aliphatic heterocycles. The molecule has 0 saturated heterocycles. The molecule has 6 heteroatoms. The summed E-state index contributed by atoms with van der Waals surface area (Å²) in [7, 11) is 0. The Morgan fingerprint density at radius 1 is 1.21 bits per heavy atom. The molecule has 24 heavy (non-hydrogen) atoms. The molecule has 6 nitrogen and oxygen atoms in total. The van der Waals surface area contributed by atoms with Gasteiger partial charge in [-0.1, -0.05) is 42.5 Å². The minimum atomic E-state index is -1.01. The summed E-state index contributed by atoms with van der Waals surface area (Å²) in [5.41, 5.74) is 0.786. The van der Waals surface area contributed by atoms with Gasteiger partial charge in [0.05, 0.1) is 18.9 Å². The van der Waals surface area contributed by atoms with Crippen molar-refractivity contribution >= 4 is 17.8 Å². The van der Waals surface area contributed by atoms with Crippen molar-refractivity contribution in [3.05, 3.63) is 48.0 Å². The van der Waals surface area contributed by atoms with Crippen molar-refractivity contribution in [1.82, 2.24) is 5.32 Å². The van der Waals surface area contributed by atoms with Crippen LogP contribution in [0.2, 0.25) is 0 Å². The normalized spacial score (nSPS) is 22.7. The predicted octanol–water partition coefficient (Wildman–Crippen LogP) is 2.22. The zero-order chi connectivity index (χ0) is 17.4. The third kappa shape index (κ3) is 5.53. The average Bonchev–Trinajstić information content (AvgIpc) is 2.56. The van der Waals surface area contributed by atoms with Crippen LogP contribution in [-0.4, -0.2) is 29.5 Å². The summed E-state index contributed by atoms with van der Waals surface area (Å²) in [5, 5.41) is 11.7. The largest absolute Gasteiger partial charge is 0.481 e. The Labute approximate surface area is 140 Å². The summed E-state index contributed by atoms with van der Waals surface area (Å²) < 4.78 is 5.47. The third-order valence-electron chi connectivity index (χ3n) is 3.80. The number of amides is 1. The monoisotopic (exact) mass is 331 g/mol. The van der Waals surface area contributed by atoms with E-state index >= 15 is 0 Å². The van der Waals surface area contributed by atoms with Crippen LogP contribution in [0, 0.1) is 5.92 Å². The Bertz CT molecular complexity index is 611. The lowest BCUT2D eigenvalue weighted by Crippen LogP contribution is -2.36. The van der Waals surface area contributed by atoms with Gasteiger partial charge in [-0.15, -0.1) is 0 Å². The molecule has 0 bridgehead atoms.